The zero-order valence-corrected chi connectivity index (χ0v) is 12.4. The number of rotatable bonds is 2. The van der Waals surface area contributed by atoms with Gasteiger partial charge in [0.15, 0.2) is 0 Å². The van der Waals surface area contributed by atoms with Gasteiger partial charge in [-0.1, -0.05) is 0 Å². The van der Waals surface area contributed by atoms with Crippen LogP contribution in [0.3, 0.4) is 0 Å². The van der Waals surface area contributed by atoms with Gasteiger partial charge in [-0.3, -0.25) is 4.98 Å². The van der Waals surface area contributed by atoms with Crippen LogP contribution in [0.5, 0.6) is 0 Å². The van der Waals surface area contributed by atoms with Crippen molar-refractivity contribution in [2.24, 2.45) is 11.7 Å². The molecule has 0 aromatic carbocycles. The Morgan fingerprint density at radius 3 is 3.00 bits per heavy atom. The van der Waals surface area contributed by atoms with Crippen molar-refractivity contribution < 1.29 is 9.13 Å². The van der Waals surface area contributed by atoms with Gasteiger partial charge < -0.3 is 10.5 Å². The quantitative estimate of drug-likeness (QED) is 0.911. The number of ether oxygens (including phenoxy) is 1. The predicted molar refractivity (Wildman–Crippen MR) is 79.1 cm³/mol. The number of thioether (sulfide) groups is 1. The van der Waals surface area contributed by atoms with Crippen LogP contribution in [0.2, 0.25) is 0 Å². The minimum absolute atomic E-state index is 0.00467. The van der Waals surface area contributed by atoms with Crippen molar-refractivity contribution in [1.82, 2.24) is 4.98 Å². The van der Waals surface area contributed by atoms with Crippen LogP contribution in [0.1, 0.15) is 37.3 Å². The average Bonchev–Trinajstić information content (AvgIpc) is 2.48. The van der Waals surface area contributed by atoms with Gasteiger partial charge in [-0.25, -0.2) is 4.39 Å². The third-order valence-electron chi connectivity index (χ3n) is 4.61. The van der Waals surface area contributed by atoms with Crippen molar-refractivity contribution in [3.05, 3.63) is 29.8 Å². The molecular weight excluding hydrogens is 275 g/mol. The Morgan fingerprint density at radius 1 is 1.45 bits per heavy atom. The van der Waals surface area contributed by atoms with E-state index in [0.29, 0.717) is 11.5 Å². The summed E-state index contributed by atoms with van der Waals surface area (Å²) in [5.41, 5.74) is 6.92. The number of nitrogens with two attached hydrogens (primary N) is 1. The summed E-state index contributed by atoms with van der Waals surface area (Å²) >= 11 is 1.99. The summed E-state index contributed by atoms with van der Waals surface area (Å²) in [5, 5.41) is 0. The standard InChI is InChI=1S/C15H21FN2OS/c16-13-10-18-5-1-12(13)14(17)11-2-6-19-15(9-11)3-7-20-8-4-15/h1,5,10-11,14H,2-4,6-9,17H2. The number of nitrogens with zero attached hydrogens (tertiary/aromatic N) is 1. The fraction of sp³-hybridized carbons (Fsp3) is 0.667. The van der Waals surface area contributed by atoms with Gasteiger partial charge in [-0.15, -0.1) is 0 Å². The molecular formula is C15H21FN2OS. The fourth-order valence-corrected chi connectivity index (χ4v) is 4.61. The highest BCUT2D eigenvalue weighted by atomic mass is 32.2. The molecule has 2 fully saturated rings. The van der Waals surface area contributed by atoms with Crippen LogP contribution in [0.4, 0.5) is 4.39 Å². The molecule has 2 unspecified atom stereocenters. The smallest absolute Gasteiger partial charge is 0.146 e. The van der Waals surface area contributed by atoms with Crippen LogP contribution < -0.4 is 5.73 Å². The molecule has 3 rings (SSSR count). The van der Waals surface area contributed by atoms with E-state index < -0.39 is 0 Å². The number of halogens is 1. The fourth-order valence-electron chi connectivity index (χ4n) is 3.37. The third-order valence-corrected chi connectivity index (χ3v) is 5.59. The molecule has 2 aliphatic heterocycles. The molecule has 2 saturated heterocycles. The van der Waals surface area contributed by atoms with Crippen LogP contribution in [-0.2, 0) is 4.74 Å². The van der Waals surface area contributed by atoms with Crippen molar-refractivity contribution in [1.29, 1.82) is 0 Å². The van der Waals surface area contributed by atoms with E-state index in [1.807, 2.05) is 11.8 Å². The normalized spacial score (nSPS) is 27.4. The SMILES string of the molecule is NC(c1ccncc1F)C1CCOC2(CCSCC2)C1. The van der Waals surface area contributed by atoms with E-state index in [2.05, 4.69) is 4.98 Å². The van der Waals surface area contributed by atoms with Gasteiger partial charge in [0.2, 0.25) is 0 Å². The predicted octanol–water partition coefficient (Wildman–Crippen LogP) is 2.91. The zero-order chi connectivity index (χ0) is 14.0. The maximum Gasteiger partial charge on any atom is 0.146 e. The van der Waals surface area contributed by atoms with Gasteiger partial charge >= 0.3 is 0 Å². The van der Waals surface area contributed by atoms with E-state index in [9.17, 15) is 4.39 Å². The molecule has 3 nitrogen and oxygen atoms in total. The molecule has 0 amide bonds. The molecule has 20 heavy (non-hydrogen) atoms. The first kappa shape index (κ1) is 14.3. The Bertz CT molecular complexity index is 459. The number of hydrogen-bond donors (Lipinski definition) is 1. The van der Waals surface area contributed by atoms with E-state index in [-0.39, 0.29) is 17.5 Å². The largest absolute Gasteiger partial charge is 0.375 e. The van der Waals surface area contributed by atoms with Crippen molar-refractivity contribution in [3.8, 4) is 0 Å². The number of pyridine rings is 1. The molecule has 3 heterocycles. The lowest BCUT2D eigenvalue weighted by Crippen LogP contribution is -2.45. The van der Waals surface area contributed by atoms with Gasteiger partial charge in [-0.05, 0) is 49.2 Å². The molecule has 1 aromatic rings. The van der Waals surface area contributed by atoms with E-state index >= 15 is 0 Å². The second-order valence-electron chi connectivity index (χ2n) is 5.82. The lowest BCUT2D eigenvalue weighted by Gasteiger charge is -2.44. The van der Waals surface area contributed by atoms with Crippen molar-refractivity contribution in [3.63, 3.8) is 0 Å². The molecule has 110 valence electrons. The Kier molecular flexibility index (Phi) is 4.29. The number of aromatic nitrogens is 1. The highest BCUT2D eigenvalue weighted by Crippen LogP contribution is 2.43. The van der Waals surface area contributed by atoms with Crippen LogP contribution >= 0.6 is 11.8 Å². The minimum atomic E-state index is -0.292. The van der Waals surface area contributed by atoms with E-state index in [0.717, 1.165) is 43.8 Å². The van der Waals surface area contributed by atoms with E-state index in [4.69, 9.17) is 10.5 Å². The minimum Gasteiger partial charge on any atom is -0.375 e. The molecule has 2 atom stereocenters. The van der Waals surface area contributed by atoms with Crippen molar-refractivity contribution >= 4 is 11.8 Å². The first-order valence-corrected chi connectivity index (χ1v) is 8.42. The summed E-state index contributed by atoms with van der Waals surface area (Å²) in [6, 6.07) is 1.45. The van der Waals surface area contributed by atoms with E-state index in [1.165, 1.54) is 6.20 Å². The highest BCUT2D eigenvalue weighted by molar-refractivity contribution is 7.99. The summed E-state index contributed by atoms with van der Waals surface area (Å²) in [5.74, 6) is 2.32. The average molecular weight is 296 g/mol. The first-order chi connectivity index (χ1) is 9.70. The maximum absolute atomic E-state index is 13.9. The molecule has 1 aromatic heterocycles. The van der Waals surface area contributed by atoms with Crippen LogP contribution in [-0.4, -0.2) is 28.7 Å². The monoisotopic (exact) mass is 296 g/mol. The van der Waals surface area contributed by atoms with Gasteiger partial charge in [0, 0.05) is 24.4 Å². The first-order valence-electron chi connectivity index (χ1n) is 7.27. The lowest BCUT2D eigenvalue weighted by atomic mass is 9.77. The van der Waals surface area contributed by atoms with Gasteiger partial charge in [-0.2, -0.15) is 11.8 Å². The van der Waals surface area contributed by atoms with Gasteiger partial charge in [0.05, 0.1) is 11.8 Å². The highest BCUT2D eigenvalue weighted by Gasteiger charge is 2.40. The summed E-state index contributed by atoms with van der Waals surface area (Å²) in [6.07, 6.45) is 6.93. The van der Waals surface area contributed by atoms with Gasteiger partial charge in [0.1, 0.15) is 5.82 Å². The van der Waals surface area contributed by atoms with Gasteiger partial charge in [0.25, 0.3) is 0 Å². The summed E-state index contributed by atoms with van der Waals surface area (Å²) in [4.78, 5) is 3.80. The third kappa shape index (κ3) is 2.85. The Balaban J connectivity index is 1.75. The van der Waals surface area contributed by atoms with Crippen molar-refractivity contribution in [2.45, 2.75) is 37.3 Å². The Morgan fingerprint density at radius 2 is 2.25 bits per heavy atom. The summed E-state index contributed by atoms with van der Waals surface area (Å²) in [6.45, 7) is 0.746. The zero-order valence-electron chi connectivity index (χ0n) is 11.6. The molecule has 1 spiro atoms. The molecule has 0 radical (unpaired) electrons. The molecule has 0 aliphatic carbocycles. The van der Waals surface area contributed by atoms with Crippen LogP contribution in [0.15, 0.2) is 18.5 Å². The summed E-state index contributed by atoms with van der Waals surface area (Å²) in [7, 11) is 0. The summed E-state index contributed by atoms with van der Waals surface area (Å²) < 4.78 is 19.9. The molecule has 0 saturated carbocycles. The Labute approximate surface area is 123 Å². The molecule has 2 N–H and O–H groups in total. The lowest BCUT2D eigenvalue weighted by molar-refractivity contribution is -0.106. The van der Waals surface area contributed by atoms with Crippen molar-refractivity contribution in [2.75, 3.05) is 18.1 Å². The second kappa shape index (κ2) is 6.00. The second-order valence-corrected chi connectivity index (χ2v) is 7.04. The van der Waals surface area contributed by atoms with Crippen LogP contribution in [0.25, 0.3) is 0 Å². The molecule has 0 bridgehead atoms. The number of hydrogen-bond acceptors (Lipinski definition) is 4. The Hall–Kier alpha value is -0.650. The maximum atomic E-state index is 13.9. The van der Waals surface area contributed by atoms with E-state index in [1.54, 1.807) is 12.3 Å². The molecule has 5 heteroatoms. The topological polar surface area (TPSA) is 48.1 Å². The molecule has 2 aliphatic rings. The van der Waals surface area contributed by atoms with Crippen LogP contribution in [0, 0.1) is 11.7 Å².